The van der Waals surface area contributed by atoms with Crippen molar-refractivity contribution in [2.75, 3.05) is 33.4 Å². The summed E-state index contributed by atoms with van der Waals surface area (Å²) in [6.45, 7) is 3.54. The summed E-state index contributed by atoms with van der Waals surface area (Å²) >= 11 is 0. The monoisotopic (exact) mass is 282 g/mol. The average Bonchev–Trinajstić information content (AvgIpc) is 3.11. The van der Waals surface area contributed by atoms with Crippen LogP contribution >= 0.6 is 0 Å². The molecule has 0 saturated carbocycles. The van der Waals surface area contributed by atoms with E-state index in [2.05, 4.69) is 10.3 Å². The van der Waals surface area contributed by atoms with Gasteiger partial charge >= 0.3 is 0 Å². The van der Waals surface area contributed by atoms with E-state index in [9.17, 15) is 0 Å². The quantitative estimate of drug-likeness (QED) is 0.665. The van der Waals surface area contributed by atoms with E-state index in [-0.39, 0.29) is 0 Å². The molecule has 0 aliphatic carbocycles. The zero-order valence-corrected chi connectivity index (χ0v) is 12.4. The molecular formula is C15H26N2O3. The first-order valence-electron chi connectivity index (χ1n) is 7.63. The van der Waals surface area contributed by atoms with Crippen molar-refractivity contribution in [1.29, 1.82) is 0 Å². The molecule has 5 nitrogen and oxygen atoms in total. The van der Waals surface area contributed by atoms with Crippen molar-refractivity contribution in [2.24, 2.45) is 0 Å². The van der Waals surface area contributed by atoms with E-state index in [1.165, 1.54) is 12.8 Å². The van der Waals surface area contributed by atoms with Gasteiger partial charge in [0, 0.05) is 33.1 Å². The average molecular weight is 282 g/mol. The normalized spacial score (nSPS) is 18.8. The van der Waals surface area contributed by atoms with E-state index >= 15 is 0 Å². The first kappa shape index (κ1) is 15.5. The zero-order chi connectivity index (χ0) is 14.0. The van der Waals surface area contributed by atoms with Crippen molar-refractivity contribution in [3.05, 3.63) is 17.8 Å². The molecule has 1 aliphatic rings. The van der Waals surface area contributed by atoms with E-state index < -0.39 is 0 Å². The topological polar surface area (TPSA) is 56.5 Å². The summed E-state index contributed by atoms with van der Waals surface area (Å²) in [6.07, 6.45) is 8.58. The van der Waals surface area contributed by atoms with Gasteiger partial charge in [-0.2, -0.15) is 0 Å². The Balaban J connectivity index is 1.57. The van der Waals surface area contributed by atoms with Crippen LogP contribution in [-0.4, -0.2) is 44.5 Å². The van der Waals surface area contributed by atoms with E-state index in [0.29, 0.717) is 6.10 Å². The summed E-state index contributed by atoms with van der Waals surface area (Å²) in [6, 6.07) is 0. The maximum atomic E-state index is 5.75. The highest BCUT2D eigenvalue weighted by Crippen LogP contribution is 2.18. The van der Waals surface area contributed by atoms with Crippen molar-refractivity contribution in [2.45, 2.75) is 44.6 Å². The Morgan fingerprint density at radius 2 is 2.35 bits per heavy atom. The minimum Gasteiger partial charge on any atom is -0.446 e. The number of aromatic nitrogens is 1. The molecule has 1 aromatic heterocycles. The van der Waals surface area contributed by atoms with Gasteiger partial charge in [-0.3, -0.25) is 0 Å². The van der Waals surface area contributed by atoms with E-state index in [1.54, 1.807) is 7.11 Å². The van der Waals surface area contributed by atoms with Gasteiger partial charge in [-0.25, -0.2) is 4.98 Å². The Labute approximate surface area is 121 Å². The van der Waals surface area contributed by atoms with Crippen LogP contribution in [0.3, 0.4) is 0 Å². The zero-order valence-electron chi connectivity index (χ0n) is 12.4. The Hall–Kier alpha value is -0.910. The number of hydrogen-bond donors (Lipinski definition) is 1. The number of ether oxygens (including phenoxy) is 2. The lowest BCUT2D eigenvalue weighted by Gasteiger charge is -2.06. The molecule has 0 spiro atoms. The number of aryl methyl sites for hydroxylation is 2. The van der Waals surface area contributed by atoms with Crippen LogP contribution in [0.4, 0.5) is 0 Å². The van der Waals surface area contributed by atoms with Gasteiger partial charge in [0.05, 0.1) is 18.9 Å². The van der Waals surface area contributed by atoms with Gasteiger partial charge < -0.3 is 19.2 Å². The lowest BCUT2D eigenvalue weighted by Crippen LogP contribution is -2.20. The molecule has 1 unspecified atom stereocenters. The van der Waals surface area contributed by atoms with Crippen molar-refractivity contribution < 1.29 is 13.9 Å². The molecule has 0 amide bonds. The second kappa shape index (κ2) is 9.10. The van der Waals surface area contributed by atoms with Gasteiger partial charge in [-0.05, 0) is 32.2 Å². The maximum absolute atomic E-state index is 5.75. The maximum Gasteiger partial charge on any atom is 0.194 e. The van der Waals surface area contributed by atoms with E-state index in [4.69, 9.17) is 13.9 Å². The van der Waals surface area contributed by atoms with Crippen LogP contribution in [0, 0.1) is 0 Å². The smallest absolute Gasteiger partial charge is 0.194 e. The number of nitrogens with one attached hydrogen (secondary N) is 1. The Kier molecular flexibility index (Phi) is 7.05. The lowest BCUT2D eigenvalue weighted by atomic mass is 10.1. The molecule has 1 saturated heterocycles. The van der Waals surface area contributed by atoms with Crippen LogP contribution in [0.2, 0.25) is 0 Å². The second-order valence-corrected chi connectivity index (χ2v) is 5.24. The Bertz CT molecular complexity index is 362. The second-order valence-electron chi connectivity index (χ2n) is 5.24. The third-order valence-electron chi connectivity index (χ3n) is 3.57. The molecule has 1 fully saturated rings. The minimum absolute atomic E-state index is 0.425. The summed E-state index contributed by atoms with van der Waals surface area (Å²) in [5.74, 6) is 1.84. The van der Waals surface area contributed by atoms with Gasteiger partial charge in [0.2, 0.25) is 0 Å². The molecule has 1 atom stereocenters. The predicted octanol–water partition coefficient (Wildman–Crippen LogP) is 1.95. The van der Waals surface area contributed by atoms with Crippen LogP contribution in [-0.2, 0) is 22.3 Å². The molecule has 114 valence electrons. The van der Waals surface area contributed by atoms with Crippen molar-refractivity contribution in [3.63, 3.8) is 0 Å². The van der Waals surface area contributed by atoms with Gasteiger partial charge in [0.15, 0.2) is 5.89 Å². The number of nitrogens with zero attached hydrogens (tertiary/aromatic N) is 1. The minimum atomic E-state index is 0.425. The first-order chi connectivity index (χ1) is 9.88. The Morgan fingerprint density at radius 3 is 3.15 bits per heavy atom. The molecule has 20 heavy (non-hydrogen) atoms. The van der Waals surface area contributed by atoms with Gasteiger partial charge in [0.1, 0.15) is 5.76 Å². The fraction of sp³-hybridized carbons (Fsp3) is 0.800. The number of oxazole rings is 1. The van der Waals surface area contributed by atoms with Crippen molar-refractivity contribution in [1.82, 2.24) is 10.3 Å². The van der Waals surface area contributed by atoms with Crippen LogP contribution < -0.4 is 5.32 Å². The SMILES string of the molecule is COCCNCCCc1ncc(CCC2CCCO2)o1. The fourth-order valence-electron chi connectivity index (χ4n) is 2.42. The molecular weight excluding hydrogens is 256 g/mol. The number of methoxy groups -OCH3 is 1. The third-order valence-corrected chi connectivity index (χ3v) is 3.57. The molecule has 5 heteroatoms. The largest absolute Gasteiger partial charge is 0.446 e. The highest BCUT2D eigenvalue weighted by Gasteiger charge is 2.16. The molecule has 2 rings (SSSR count). The number of rotatable bonds is 10. The third kappa shape index (κ3) is 5.61. The highest BCUT2D eigenvalue weighted by molar-refractivity contribution is 4.95. The standard InChI is InChI=1S/C15H26N2O3/c1-18-11-9-16-8-2-5-15-17-12-14(20-15)7-6-13-4-3-10-19-13/h12-13,16H,2-11H2,1H3. The van der Waals surface area contributed by atoms with Crippen LogP contribution in [0.1, 0.15) is 37.3 Å². The molecule has 1 aliphatic heterocycles. The summed E-state index contributed by atoms with van der Waals surface area (Å²) in [7, 11) is 1.71. The van der Waals surface area contributed by atoms with Gasteiger partial charge in [-0.1, -0.05) is 0 Å². The number of hydrogen-bond acceptors (Lipinski definition) is 5. The van der Waals surface area contributed by atoms with Crippen LogP contribution in [0.15, 0.2) is 10.6 Å². The fourth-order valence-corrected chi connectivity index (χ4v) is 2.42. The van der Waals surface area contributed by atoms with Crippen molar-refractivity contribution in [3.8, 4) is 0 Å². The van der Waals surface area contributed by atoms with Crippen LogP contribution in [0.25, 0.3) is 0 Å². The molecule has 2 heterocycles. The van der Waals surface area contributed by atoms with Gasteiger partial charge in [-0.15, -0.1) is 0 Å². The first-order valence-corrected chi connectivity index (χ1v) is 7.63. The summed E-state index contributed by atoms with van der Waals surface area (Å²) < 4.78 is 16.3. The van der Waals surface area contributed by atoms with E-state index in [1.807, 2.05) is 6.20 Å². The summed E-state index contributed by atoms with van der Waals surface area (Å²) in [5.41, 5.74) is 0. The summed E-state index contributed by atoms with van der Waals surface area (Å²) in [5, 5.41) is 3.31. The Morgan fingerprint density at radius 1 is 1.40 bits per heavy atom. The molecule has 0 aromatic carbocycles. The lowest BCUT2D eigenvalue weighted by molar-refractivity contribution is 0.103. The van der Waals surface area contributed by atoms with E-state index in [0.717, 1.165) is 63.6 Å². The molecule has 0 radical (unpaired) electrons. The van der Waals surface area contributed by atoms with Gasteiger partial charge in [0.25, 0.3) is 0 Å². The van der Waals surface area contributed by atoms with Crippen LogP contribution in [0.5, 0.6) is 0 Å². The molecule has 1 aromatic rings. The molecule has 1 N–H and O–H groups in total. The summed E-state index contributed by atoms with van der Waals surface area (Å²) in [4.78, 5) is 4.34. The highest BCUT2D eigenvalue weighted by atomic mass is 16.5. The predicted molar refractivity (Wildman–Crippen MR) is 76.9 cm³/mol. The molecule has 0 bridgehead atoms. The van der Waals surface area contributed by atoms with Crippen molar-refractivity contribution >= 4 is 0 Å².